The summed E-state index contributed by atoms with van der Waals surface area (Å²) in [6, 6.07) is -0.496. The standard InChI is InChI=1S/C11H15F3N2O2S/c1-7(2)16-9(11(12,13)14)8(6-15-16)10(17)18-4-5-19-3/h6-7H,4-5H2,1-3H3. The van der Waals surface area contributed by atoms with Crippen LogP contribution in [0.2, 0.25) is 0 Å². The van der Waals surface area contributed by atoms with Gasteiger partial charge in [0.25, 0.3) is 0 Å². The second-order valence-corrected chi connectivity index (χ2v) is 5.06. The number of hydrogen-bond donors (Lipinski definition) is 0. The minimum Gasteiger partial charge on any atom is -0.461 e. The van der Waals surface area contributed by atoms with Gasteiger partial charge in [-0.2, -0.15) is 30.0 Å². The van der Waals surface area contributed by atoms with Crippen LogP contribution in [0.1, 0.15) is 35.9 Å². The molecule has 1 aromatic heterocycles. The number of thioether (sulfide) groups is 1. The van der Waals surface area contributed by atoms with Crippen LogP contribution >= 0.6 is 11.8 Å². The highest BCUT2D eigenvalue weighted by atomic mass is 32.2. The fraction of sp³-hybridized carbons (Fsp3) is 0.636. The summed E-state index contributed by atoms with van der Waals surface area (Å²) >= 11 is 1.44. The Morgan fingerprint density at radius 2 is 2.16 bits per heavy atom. The molecular formula is C11H15F3N2O2S. The van der Waals surface area contributed by atoms with E-state index in [9.17, 15) is 18.0 Å². The SMILES string of the molecule is CSCCOC(=O)c1cnn(C(C)C)c1C(F)(F)F. The minimum atomic E-state index is -4.64. The number of carbonyl (C=O) groups excluding carboxylic acids is 1. The van der Waals surface area contributed by atoms with Crippen molar-refractivity contribution in [1.29, 1.82) is 0 Å². The van der Waals surface area contributed by atoms with Crippen LogP contribution in [-0.4, -0.2) is 34.4 Å². The fourth-order valence-corrected chi connectivity index (χ4v) is 1.73. The van der Waals surface area contributed by atoms with Gasteiger partial charge in [-0.3, -0.25) is 4.68 Å². The Morgan fingerprint density at radius 1 is 1.53 bits per heavy atom. The molecule has 0 saturated heterocycles. The van der Waals surface area contributed by atoms with E-state index in [0.29, 0.717) is 5.75 Å². The monoisotopic (exact) mass is 296 g/mol. The Labute approximate surface area is 113 Å². The maximum Gasteiger partial charge on any atom is 0.433 e. The number of hydrogen-bond acceptors (Lipinski definition) is 4. The average Bonchev–Trinajstić information content (AvgIpc) is 2.73. The van der Waals surface area contributed by atoms with Crippen LogP contribution in [0.15, 0.2) is 6.20 Å². The lowest BCUT2D eigenvalue weighted by Crippen LogP contribution is -2.20. The van der Waals surface area contributed by atoms with Crippen LogP contribution < -0.4 is 0 Å². The molecule has 0 aromatic carbocycles. The third-order valence-corrected chi connectivity index (χ3v) is 2.87. The summed E-state index contributed by atoms with van der Waals surface area (Å²) in [5, 5.41) is 3.62. The zero-order chi connectivity index (χ0) is 14.6. The van der Waals surface area contributed by atoms with Crippen molar-refractivity contribution in [2.75, 3.05) is 18.6 Å². The zero-order valence-electron chi connectivity index (χ0n) is 10.8. The molecule has 0 bridgehead atoms. The van der Waals surface area contributed by atoms with E-state index in [0.717, 1.165) is 10.9 Å². The Morgan fingerprint density at radius 3 is 2.63 bits per heavy atom. The largest absolute Gasteiger partial charge is 0.461 e. The molecule has 4 nitrogen and oxygen atoms in total. The van der Waals surface area contributed by atoms with Gasteiger partial charge < -0.3 is 4.74 Å². The van der Waals surface area contributed by atoms with Gasteiger partial charge in [0.1, 0.15) is 12.2 Å². The van der Waals surface area contributed by atoms with Crippen molar-refractivity contribution in [2.45, 2.75) is 26.1 Å². The van der Waals surface area contributed by atoms with E-state index in [1.54, 1.807) is 13.8 Å². The van der Waals surface area contributed by atoms with Crippen LogP contribution in [0.4, 0.5) is 13.2 Å². The summed E-state index contributed by atoms with van der Waals surface area (Å²) in [6.45, 7) is 3.19. The number of nitrogens with zero attached hydrogens (tertiary/aromatic N) is 2. The Kier molecular flexibility index (Phi) is 5.28. The van der Waals surface area contributed by atoms with Gasteiger partial charge in [0.15, 0.2) is 5.69 Å². The molecule has 8 heteroatoms. The molecule has 0 unspecified atom stereocenters. The molecule has 0 atom stereocenters. The summed E-state index contributed by atoms with van der Waals surface area (Å²) in [5.74, 6) is -0.459. The van der Waals surface area contributed by atoms with Crippen molar-refractivity contribution >= 4 is 17.7 Å². The molecule has 0 aliphatic rings. The van der Waals surface area contributed by atoms with Crippen molar-refractivity contribution in [3.8, 4) is 0 Å². The van der Waals surface area contributed by atoms with Crippen LogP contribution in [0.5, 0.6) is 0 Å². The van der Waals surface area contributed by atoms with Crippen molar-refractivity contribution in [1.82, 2.24) is 9.78 Å². The number of carbonyl (C=O) groups is 1. The zero-order valence-corrected chi connectivity index (χ0v) is 11.6. The fourth-order valence-electron chi connectivity index (χ4n) is 1.48. The quantitative estimate of drug-likeness (QED) is 0.619. The predicted molar refractivity (Wildman–Crippen MR) is 66.3 cm³/mol. The maximum absolute atomic E-state index is 13.0. The number of esters is 1. The molecular weight excluding hydrogens is 281 g/mol. The summed E-state index contributed by atoms with van der Waals surface area (Å²) in [7, 11) is 0. The van der Waals surface area contributed by atoms with Crippen molar-refractivity contribution < 1.29 is 22.7 Å². The predicted octanol–water partition coefficient (Wildman–Crippen LogP) is 3.00. The summed E-state index contributed by atoms with van der Waals surface area (Å²) < 4.78 is 44.5. The number of halogens is 3. The van der Waals surface area contributed by atoms with E-state index >= 15 is 0 Å². The van der Waals surface area contributed by atoms with Crippen LogP contribution in [0.3, 0.4) is 0 Å². The van der Waals surface area contributed by atoms with Gasteiger partial charge in [-0.05, 0) is 20.1 Å². The highest BCUT2D eigenvalue weighted by Crippen LogP contribution is 2.33. The van der Waals surface area contributed by atoms with Crippen molar-refractivity contribution in [3.63, 3.8) is 0 Å². The Hall–Kier alpha value is -1.18. The lowest BCUT2D eigenvalue weighted by Gasteiger charge is -2.14. The number of alkyl halides is 3. The van der Waals surface area contributed by atoms with Crippen molar-refractivity contribution in [2.24, 2.45) is 0 Å². The van der Waals surface area contributed by atoms with E-state index in [4.69, 9.17) is 4.74 Å². The first-order valence-corrected chi connectivity index (χ1v) is 6.99. The molecule has 0 radical (unpaired) electrons. The van der Waals surface area contributed by atoms with E-state index in [1.807, 2.05) is 6.26 Å². The molecule has 0 aliphatic heterocycles. The van der Waals surface area contributed by atoms with Gasteiger partial charge in [0, 0.05) is 11.8 Å². The number of aromatic nitrogens is 2. The second-order valence-electron chi connectivity index (χ2n) is 4.07. The summed E-state index contributed by atoms with van der Waals surface area (Å²) in [5.41, 5.74) is -1.60. The Balaban J connectivity index is 3.04. The minimum absolute atomic E-state index is 0.0736. The van der Waals surface area contributed by atoms with E-state index < -0.39 is 29.4 Å². The molecule has 0 amide bonds. The van der Waals surface area contributed by atoms with Crippen LogP contribution in [0.25, 0.3) is 0 Å². The van der Waals surface area contributed by atoms with Gasteiger partial charge in [-0.15, -0.1) is 0 Å². The third-order valence-electron chi connectivity index (χ3n) is 2.29. The van der Waals surface area contributed by atoms with Gasteiger partial charge in [0.2, 0.25) is 0 Å². The normalized spacial score (nSPS) is 11.9. The lowest BCUT2D eigenvalue weighted by atomic mass is 10.2. The van der Waals surface area contributed by atoms with E-state index in [1.165, 1.54) is 11.8 Å². The Bertz CT molecular complexity index is 444. The average molecular weight is 296 g/mol. The van der Waals surface area contributed by atoms with Crippen LogP contribution in [-0.2, 0) is 10.9 Å². The number of ether oxygens (including phenoxy) is 1. The summed E-state index contributed by atoms with van der Waals surface area (Å²) in [4.78, 5) is 11.6. The molecule has 0 aliphatic carbocycles. The number of rotatable bonds is 5. The molecule has 19 heavy (non-hydrogen) atoms. The lowest BCUT2D eigenvalue weighted by molar-refractivity contribution is -0.145. The van der Waals surface area contributed by atoms with Gasteiger partial charge in [0.05, 0.1) is 6.20 Å². The topological polar surface area (TPSA) is 44.1 Å². The third kappa shape index (κ3) is 3.89. The molecule has 1 aromatic rings. The highest BCUT2D eigenvalue weighted by molar-refractivity contribution is 7.98. The van der Waals surface area contributed by atoms with E-state index in [-0.39, 0.29) is 6.61 Å². The molecule has 0 N–H and O–H groups in total. The second kappa shape index (κ2) is 6.31. The van der Waals surface area contributed by atoms with Crippen LogP contribution in [0, 0.1) is 0 Å². The first-order chi connectivity index (χ1) is 8.79. The summed E-state index contributed by atoms with van der Waals surface area (Å²) in [6.07, 6.45) is -1.93. The molecule has 1 rings (SSSR count). The molecule has 0 fully saturated rings. The first-order valence-electron chi connectivity index (χ1n) is 5.59. The smallest absolute Gasteiger partial charge is 0.433 e. The van der Waals surface area contributed by atoms with Gasteiger partial charge >= 0.3 is 12.1 Å². The van der Waals surface area contributed by atoms with E-state index in [2.05, 4.69) is 5.10 Å². The molecule has 0 spiro atoms. The van der Waals surface area contributed by atoms with Gasteiger partial charge in [-0.25, -0.2) is 4.79 Å². The molecule has 108 valence electrons. The maximum atomic E-state index is 13.0. The first kappa shape index (κ1) is 15.9. The molecule has 0 saturated carbocycles. The molecule has 1 heterocycles. The van der Waals surface area contributed by atoms with Gasteiger partial charge in [-0.1, -0.05) is 0 Å². The highest BCUT2D eigenvalue weighted by Gasteiger charge is 2.41. The van der Waals surface area contributed by atoms with Crippen molar-refractivity contribution in [3.05, 3.63) is 17.5 Å².